The third-order valence-electron chi connectivity index (χ3n) is 3.77. The Bertz CT molecular complexity index is 821. The largest absolute Gasteiger partial charge is 0.281 e. The van der Waals surface area contributed by atoms with Crippen molar-refractivity contribution in [2.75, 3.05) is 0 Å². The zero-order valence-electron chi connectivity index (χ0n) is 12.4. The molecule has 0 atom stereocenters. The molecule has 2 radical (unpaired) electrons. The minimum atomic E-state index is 1.01. The first-order valence-electron chi connectivity index (χ1n) is 7.44. The van der Waals surface area contributed by atoms with E-state index in [-0.39, 0.29) is 0 Å². The molecule has 0 fully saturated rings. The number of nitrogens with one attached hydrogen (secondary N) is 2. The molecule has 0 amide bonds. The molecule has 4 rings (SSSR count). The van der Waals surface area contributed by atoms with Crippen molar-refractivity contribution in [3.8, 4) is 22.5 Å². The van der Waals surface area contributed by atoms with Gasteiger partial charge in [-0.3, -0.25) is 10.2 Å². The summed E-state index contributed by atoms with van der Waals surface area (Å²) in [6.07, 6.45) is 3.67. The average Bonchev–Trinajstić information content (AvgIpc) is 3.26. The van der Waals surface area contributed by atoms with Crippen LogP contribution in [0.4, 0.5) is 0 Å². The minimum absolute atomic E-state index is 1.01. The standard InChI is InChI=1S/C18H14BN4/c1-3-7-13(8-4-1)17-15(11-20-22-17)19-16-12-21-23-18(16)14-9-5-2-6-10-14/h1-12H,(H,20,22)(H,21,23)/q-1. The van der Waals surface area contributed by atoms with Gasteiger partial charge in [0.05, 0.1) is 0 Å². The van der Waals surface area contributed by atoms with Gasteiger partial charge in [-0.25, -0.2) is 18.2 Å². The minimum Gasteiger partial charge on any atom is -0.281 e. The van der Waals surface area contributed by atoms with Gasteiger partial charge in [-0.15, -0.1) is 0 Å². The van der Waals surface area contributed by atoms with Gasteiger partial charge < -0.3 is 0 Å². The van der Waals surface area contributed by atoms with Crippen molar-refractivity contribution in [3.05, 3.63) is 73.1 Å². The first kappa shape index (κ1) is 13.6. The summed E-state index contributed by atoms with van der Waals surface area (Å²) in [6.45, 7) is 0. The molecule has 23 heavy (non-hydrogen) atoms. The lowest BCUT2D eigenvalue weighted by Gasteiger charge is -2.17. The van der Waals surface area contributed by atoms with E-state index in [9.17, 15) is 0 Å². The van der Waals surface area contributed by atoms with E-state index in [1.165, 1.54) is 0 Å². The summed E-state index contributed by atoms with van der Waals surface area (Å²) in [7, 11) is 2.09. The topological polar surface area (TPSA) is 57.4 Å². The molecule has 0 aliphatic heterocycles. The predicted molar refractivity (Wildman–Crippen MR) is 93.1 cm³/mol. The fraction of sp³-hybridized carbons (Fsp3) is 0. The van der Waals surface area contributed by atoms with Gasteiger partial charge in [0.2, 0.25) is 0 Å². The molecule has 0 aliphatic rings. The van der Waals surface area contributed by atoms with Gasteiger partial charge >= 0.3 is 0 Å². The van der Waals surface area contributed by atoms with E-state index in [1.54, 1.807) is 0 Å². The molecule has 0 saturated heterocycles. The van der Waals surface area contributed by atoms with Gasteiger partial charge in [0.15, 0.2) is 0 Å². The van der Waals surface area contributed by atoms with Crippen LogP contribution in [0, 0.1) is 0 Å². The van der Waals surface area contributed by atoms with E-state index in [4.69, 9.17) is 0 Å². The van der Waals surface area contributed by atoms with Crippen LogP contribution >= 0.6 is 0 Å². The molecule has 4 nitrogen and oxygen atoms in total. The molecular weight excluding hydrogens is 283 g/mol. The number of benzene rings is 2. The van der Waals surface area contributed by atoms with Gasteiger partial charge in [-0.1, -0.05) is 60.7 Å². The van der Waals surface area contributed by atoms with Crippen molar-refractivity contribution in [1.29, 1.82) is 0 Å². The number of H-pyrrole nitrogens is 2. The van der Waals surface area contributed by atoms with Crippen LogP contribution in [0.15, 0.2) is 73.1 Å². The molecule has 0 aliphatic carbocycles. The van der Waals surface area contributed by atoms with Crippen molar-refractivity contribution in [2.24, 2.45) is 0 Å². The summed E-state index contributed by atoms with van der Waals surface area (Å²) < 4.78 is 0. The third kappa shape index (κ3) is 2.69. The van der Waals surface area contributed by atoms with E-state index in [1.807, 2.05) is 48.8 Å². The Kier molecular flexibility index (Phi) is 3.52. The van der Waals surface area contributed by atoms with E-state index in [2.05, 4.69) is 51.9 Å². The molecule has 5 heteroatoms. The summed E-state index contributed by atoms with van der Waals surface area (Å²) in [5.74, 6) is 0. The van der Waals surface area contributed by atoms with Crippen LogP contribution in [-0.2, 0) is 0 Å². The maximum absolute atomic E-state index is 4.19. The molecule has 2 aromatic carbocycles. The Morgan fingerprint density at radius 1 is 0.609 bits per heavy atom. The maximum Gasteiger partial charge on any atom is 0.0243 e. The summed E-state index contributed by atoms with van der Waals surface area (Å²) >= 11 is 0. The van der Waals surface area contributed by atoms with Crippen LogP contribution < -0.4 is 10.9 Å². The molecular formula is C18H14BN4-. The van der Waals surface area contributed by atoms with Crippen LogP contribution in [0.3, 0.4) is 0 Å². The van der Waals surface area contributed by atoms with Crippen molar-refractivity contribution in [2.45, 2.75) is 0 Å². The highest BCUT2D eigenvalue weighted by atomic mass is 15.1. The number of hydrogen-bond donors (Lipinski definition) is 2. The van der Waals surface area contributed by atoms with E-state index >= 15 is 0 Å². The number of rotatable bonds is 4. The molecule has 110 valence electrons. The quantitative estimate of drug-likeness (QED) is 0.567. The van der Waals surface area contributed by atoms with Gasteiger partial charge in [0.1, 0.15) is 0 Å². The van der Waals surface area contributed by atoms with Crippen molar-refractivity contribution in [3.63, 3.8) is 0 Å². The Balaban J connectivity index is 1.69. The molecule has 2 N–H and O–H groups in total. The van der Waals surface area contributed by atoms with Crippen LogP contribution in [-0.4, -0.2) is 27.7 Å². The first-order valence-corrected chi connectivity index (χ1v) is 7.44. The second-order valence-electron chi connectivity index (χ2n) is 5.28. The molecule has 0 spiro atoms. The highest BCUT2D eigenvalue weighted by molar-refractivity contribution is 6.69. The van der Waals surface area contributed by atoms with Gasteiger partial charge in [-0.2, -0.15) is 10.2 Å². The molecule has 2 heterocycles. The fourth-order valence-electron chi connectivity index (χ4n) is 2.65. The second-order valence-corrected chi connectivity index (χ2v) is 5.28. The Morgan fingerprint density at radius 2 is 1.04 bits per heavy atom. The van der Waals surface area contributed by atoms with Crippen LogP contribution in [0.2, 0.25) is 0 Å². The lowest BCUT2D eigenvalue weighted by atomic mass is 9.63. The molecule has 0 saturated carbocycles. The van der Waals surface area contributed by atoms with Gasteiger partial charge in [0, 0.05) is 23.8 Å². The van der Waals surface area contributed by atoms with Crippen LogP contribution in [0.5, 0.6) is 0 Å². The van der Waals surface area contributed by atoms with Crippen LogP contribution in [0.1, 0.15) is 0 Å². The first-order chi connectivity index (χ1) is 11.4. The highest BCUT2D eigenvalue weighted by Crippen LogP contribution is 2.15. The smallest absolute Gasteiger partial charge is 0.0243 e. The van der Waals surface area contributed by atoms with Crippen molar-refractivity contribution >= 4 is 18.2 Å². The molecule has 0 bridgehead atoms. The second kappa shape index (κ2) is 5.97. The summed E-state index contributed by atoms with van der Waals surface area (Å²) in [6, 6.07) is 20.4. The number of aromatic amines is 2. The molecule has 0 unspecified atom stereocenters. The number of nitrogens with zero attached hydrogens (tertiary/aromatic N) is 2. The molecule has 2 aromatic heterocycles. The normalized spacial score (nSPS) is 10.8. The number of aromatic nitrogens is 4. The highest BCUT2D eigenvalue weighted by Gasteiger charge is 2.03. The van der Waals surface area contributed by atoms with Crippen LogP contribution in [0.25, 0.3) is 22.5 Å². The monoisotopic (exact) mass is 297 g/mol. The molecule has 4 aromatic rings. The van der Waals surface area contributed by atoms with E-state index in [0.717, 1.165) is 33.4 Å². The van der Waals surface area contributed by atoms with E-state index < -0.39 is 0 Å². The van der Waals surface area contributed by atoms with Crippen molar-refractivity contribution in [1.82, 2.24) is 20.4 Å². The summed E-state index contributed by atoms with van der Waals surface area (Å²) in [4.78, 5) is 0. The van der Waals surface area contributed by atoms with E-state index in [0.29, 0.717) is 0 Å². The van der Waals surface area contributed by atoms with Gasteiger partial charge in [0.25, 0.3) is 0 Å². The fourth-order valence-corrected chi connectivity index (χ4v) is 2.65. The Labute approximate surface area is 134 Å². The zero-order chi connectivity index (χ0) is 15.5. The zero-order valence-corrected chi connectivity index (χ0v) is 12.4. The van der Waals surface area contributed by atoms with Crippen molar-refractivity contribution < 1.29 is 0 Å². The lowest BCUT2D eigenvalue weighted by Crippen LogP contribution is -2.28. The SMILES string of the molecule is [B-](c1cn[nH]c1-c1ccccc1)c1cn[nH]c1-c1ccccc1. The average molecular weight is 297 g/mol. The van der Waals surface area contributed by atoms with Gasteiger partial charge in [-0.05, 0) is 11.1 Å². The summed E-state index contributed by atoms with van der Waals surface area (Å²) in [5, 5.41) is 14.6. The summed E-state index contributed by atoms with van der Waals surface area (Å²) in [5.41, 5.74) is 6.31. The Hall–Kier alpha value is -3.08. The number of hydrogen-bond acceptors (Lipinski definition) is 2. The Morgan fingerprint density at radius 3 is 1.48 bits per heavy atom. The predicted octanol–water partition coefficient (Wildman–Crippen LogP) is 2.12. The lowest BCUT2D eigenvalue weighted by molar-refractivity contribution is 1.10. The maximum atomic E-state index is 4.19. The third-order valence-corrected chi connectivity index (χ3v) is 3.77.